The van der Waals surface area contributed by atoms with Crippen molar-refractivity contribution in [2.75, 3.05) is 26.2 Å². The molecule has 1 aliphatic rings. The number of non-ortho nitro benzene ring substituents is 1. The van der Waals surface area contributed by atoms with Gasteiger partial charge in [0.1, 0.15) is 5.75 Å². The average Bonchev–Trinajstić information content (AvgIpc) is 2.48. The molecule has 2 rings (SSSR count). The minimum absolute atomic E-state index is 0.00547. The molecule has 7 heteroatoms. The molecule has 0 bridgehead atoms. The minimum Gasteiger partial charge on any atom is -0.506 e. The number of phenolic OH excluding ortho intramolecular Hbond substituents is 1. The molecule has 1 saturated heterocycles. The van der Waals surface area contributed by atoms with Crippen LogP contribution in [-0.2, 0) is 0 Å². The zero-order valence-electron chi connectivity index (χ0n) is 12.0. The Kier molecular flexibility index (Phi) is 5.55. The van der Waals surface area contributed by atoms with E-state index in [2.05, 4.69) is 33.1 Å². The van der Waals surface area contributed by atoms with Crippen molar-refractivity contribution in [3.8, 4) is 5.75 Å². The lowest BCUT2D eigenvalue weighted by Gasteiger charge is -2.35. The van der Waals surface area contributed by atoms with Gasteiger partial charge in [-0.3, -0.25) is 15.0 Å². The van der Waals surface area contributed by atoms with E-state index < -0.39 is 4.92 Å². The van der Waals surface area contributed by atoms with Crippen LogP contribution in [0.15, 0.2) is 16.6 Å². The van der Waals surface area contributed by atoms with Gasteiger partial charge < -0.3 is 10.4 Å². The van der Waals surface area contributed by atoms with Crippen LogP contribution in [0.25, 0.3) is 0 Å². The van der Waals surface area contributed by atoms with Gasteiger partial charge in [0.05, 0.1) is 9.40 Å². The molecule has 0 saturated carbocycles. The molecule has 1 heterocycles. The van der Waals surface area contributed by atoms with Gasteiger partial charge in [-0.15, -0.1) is 0 Å². The first kappa shape index (κ1) is 16.2. The summed E-state index contributed by atoms with van der Waals surface area (Å²) in [4.78, 5) is 12.9. The van der Waals surface area contributed by atoms with Gasteiger partial charge in [-0.25, -0.2) is 0 Å². The van der Waals surface area contributed by atoms with Crippen LogP contribution in [0.3, 0.4) is 0 Å². The number of halogens is 1. The lowest BCUT2D eigenvalue weighted by atomic mass is 9.98. The number of rotatable bonds is 5. The van der Waals surface area contributed by atoms with Crippen LogP contribution >= 0.6 is 15.9 Å². The van der Waals surface area contributed by atoms with Gasteiger partial charge in [0.15, 0.2) is 0 Å². The molecule has 0 amide bonds. The molecule has 0 aromatic heterocycles. The van der Waals surface area contributed by atoms with Gasteiger partial charge in [0.25, 0.3) is 5.69 Å². The van der Waals surface area contributed by atoms with Crippen LogP contribution in [0.5, 0.6) is 5.75 Å². The highest BCUT2D eigenvalue weighted by molar-refractivity contribution is 9.10. The average molecular weight is 358 g/mol. The normalized spacial score (nSPS) is 17.6. The molecule has 2 N–H and O–H groups in total. The van der Waals surface area contributed by atoms with E-state index in [1.165, 1.54) is 12.1 Å². The Balaban J connectivity index is 2.40. The zero-order valence-corrected chi connectivity index (χ0v) is 13.6. The van der Waals surface area contributed by atoms with E-state index in [4.69, 9.17) is 0 Å². The summed E-state index contributed by atoms with van der Waals surface area (Å²) in [6.07, 6.45) is 1.81. The van der Waals surface area contributed by atoms with Crippen LogP contribution in [0.4, 0.5) is 5.69 Å². The quantitative estimate of drug-likeness (QED) is 0.625. The predicted octanol–water partition coefficient (Wildman–Crippen LogP) is 2.81. The fourth-order valence-corrected chi connectivity index (χ4v) is 3.23. The Labute approximate surface area is 132 Å². The van der Waals surface area contributed by atoms with Crippen LogP contribution in [0, 0.1) is 10.1 Å². The van der Waals surface area contributed by atoms with Gasteiger partial charge in [0.2, 0.25) is 0 Å². The third-order valence-corrected chi connectivity index (χ3v) is 4.41. The first-order valence-electron chi connectivity index (χ1n) is 7.16. The zero-order chi connectivity index (χ0) is 15.4. The Bertz CT molecular complexity index is 518. The van der Waals surface area contributed by atoms with E-state index in [-0.39, 0.29) is 17.5 Å². The lowest BCUT2D eigenvalue weighted by Crippen LogP contribution is -2.45. The summed E-state index contributed by atoms with van der Waals surface area (Å²) in [6.45, 7) is 5.64. The molecule has 0 spiro atoms. The van der Waals surface area contributed by atoms with Crippen molar-refractivity contribution in [1.82, 2.24) is 10.2 Å². The maximum atomic E-state index is 11.1. The molecule has 6 nitrogen and oxygen atoms in total. The van der Waals surface area contributed by atoms with Crippen LogP contribution in [-0.4, -0.2) is 41.1 Å². The summed E-state index contributed by atoms with van der Waals surface area (Å²) in [5.41, 5.74) is 0.644. The number of nitrogens with zero attached hydrogens (tertiary/aromatic N) is 2. The molecule has 0 radical (unpaired) electrons. The number of benzene rings is 1. The molecule has 0 aliphatic carbocycles. The number of aromatic hydroxyl groups is 1. The van der Waals surface area contributed by atoms with Gasteiger partial charge in [-0.2, -0.15) is 0 Å². The molecule has 1 aliphatic heterocycles. The fraction of sp³-hybridized carbons (Fsp3) is 0.571. The largest absolute Gasteiger partial charge is 0.506 e. The summed E-state index contributed by atoms with van der Waals surface area (Å²) in [5.74, 6) is 0.109. The number of piperazine rings is 1. The number of hydrogen-bond donors (Lipinski definition) is 2. The second-order valence-electron chi connectivity index (χ2n) is 5.21. The summed E-state index contributed by atoms with van der Waals surface area (Å²) < 4.78 is 0.378. The van der Waals surface area contributed by atoms with Gasteiger partial charge in [-0.1, -0.05) is 13.3 Å². The highest BCUT2D eigenvalue weighted by Crippen LogP contribution is 2.39. The third kappa shape index (κ3) is 3.72. The van der Waals surface area contributed by atoms with Crippen molar-refractivity contribution in [2.24, 2.45) is 0 Å². The van der Waals surface area contributed by atoms with Crippen LogP contribution < -0.4 is 5.32 Å². The molecule has 21 heavy (non-hydrogen) atoms. The van der Waals surface area contributed by atoms with Crippen molar-refractivity contribution in [3.63, 3.8) is 0 Å². The highest BCUT2D eigenvalue weighted by atomic mass is 79.9. The van der Waals surface area contributed by atoms with E-state index in [0.717, 1.165) is 39.0 Å². The summed E-state index contributed by atoms with van der Waals surface area (Å²) in [7, 11) is 0. The highest BCUT2D eigenvalue weighted by Gasteiger charge is 2.27. The first-order chi connectivity index (χ1) is 10.0. The molecule has 0 unspecified atom stereocenters. The number of phenols is 1. The number of nitro benzene ring substituents is 1. The number of nitro groups is 1. The van der Waals surface area contributed by atoms with E-state index >= 15 is 0 Å². The van der Waals surface area contributed by atoms with Crippen LogP contribution in [0.1, 0.15) is 31.4 Å². The van der Waals surface area contributed by atoms with E-state index in [1.807, 2.05) is 0 Å². The van der Waals surface area contributed by atoms with Crippen LogP contribution in [0.2, 0.25) is 0 Å². The topological polar surface area (TPSA) is 78.6 Å². The van der Waals surface area contributed by atoms with E-state index in [1.54, 1.807) is 0 Å². The number of hydrogen-bond acceptors (Lipinski definition) is 5. The van der Waals surface area contributed by atoms with Gasteiger partial charge in [0, 0.05) is 49.9 Å². The standard InChI is InChI=1S/C14H20BrN3O3/c1-2-3-13(17-6-4-16-5-7-17)11-8-10(18(20)21)9-12(15)14(11)19/h8-9,13,16,19H,2-7H2,1H3/t13-/m1/s1. The van der Waals surface area contributed by atoms with Crippen molar-refractivity contribution in [1.29, 1.82) is 0 Å². The second kappa shape index (κ2) is 7.20. The minimum atomic E-state index is -0.422. The van der Waals surface area contributed by atoms with E-state index in [0.29, 0.717) is 10.0 Å². The fourth-order valence-electron chi connectivity index (χ4n) is 2.77. The Hall–Kier alpha value is -1.18. The van der Waals surface area contributed by atoms with Gasteiger partial charge >= 0.3 is 0 Å². The molecule has 1 atom stereocenters. The molecular formula is C14H20BrN3O3. The molecule has 1 fully saturated rings. The smallest absolute Gasteiger partial charge is 0.271 e. The monoisotopic (exact) mass is 357 g/mol. The molecule has 116 valence electrons. The summed E-state index contributed by atoms with van der Waals surface area (Å²) in [6, 6.07) is 2.86. The lowest BCUT2D eigenvalue weighted by molar-refractivity contribution is -0.385. The second-order valence-corrected chi connectivity index (χ2v) is 6.07. The SMILES string of the molecule is CCC[C@H](c1cc([N+](=O)[O-])cc(Br)c1O)N1CCNCC1. The first-order valence-corrected chi connectivity index (χ1v) is 7.95. The molecule has 1 aromatic carbocycles. The predicted molar refractivity (Wildman–Crippen MR) is 84.6 cm³/mol. The maximum Gasteiger partial charge on any atom is 0.271 e. The van der Waals surface area contributed by atoms with E-state index in [9.17, 15) is 15.2 Å². The van der Waals surface area contributed by atoms with Crippen molar-refractivity contribution in [3.05, 3.63) is 32.3 Å². The summed E-state index contributed by atoms with van der Waals surface area (Å²) in [5, 5.41) is 24.7. The molecular weight excluding hydrogens is 338 g/mol. The van der Waals surface area contributed by atoms with Crippen molar-refractivity contribution >= 4 is 21.6 Å². The summed E-state index contributed by atoms with van der Waals surface area (Å²) >= 11 is 3.22. The Morgan fingerprint density at radius 2 is 2.14 bits per heavy atom. The van der Waals surface area contributed by atoms with Gasteiger partial charge in [-0.05, 0) is 22.4 Å². The number of nitrogens with one attached hydrogen (secondary N) is 1. The maximum absolute atomic E-state index is 11.1. The Morgan fingerprint density at radius 3 is 2.71 bits per heavy atom. The molecule has 1 aromatic rings. The Morgan fingerprint density at radius 1 is 1.48 bits per heavy atom. The van der Waals surface area contributed by atoms with Crippen molar-refractivity contribution < 1.29 is 10.0 Å². The third-order valence-electron chi connectivity index (χ3n) is 3.80. The van der Waals surface area contributed by atoms with Crippen molar-refractivity contribution in [2.45, 2.75) is 25.8 Å².